The van der Waals surface area contributed by atoms with Crippen LogP contribution in [0.2, 0.25) is 0 Å². The lowest BCUT2D eigenvalue weighted by Crippen LogP contribution is -2.43. The summed E-state index contributed by atoms with van der Waals surface area (Å²) in [5.41, 5.74) is 0.853. The summed E-state index contributed by atoms with van der Waals surface area (Å²) in [4.78, 5) is 20.9. The lowest BCUT2D eigenvalue weighted by Gasteiger charge is -2.34. The van der Waals surface area contributed by atoms with Gasteiger partial charge in [0.05, 0.1) is 30.3 Å². The fourth-order valence-electron chi connectivity index (χ4n) is 3.23. The highest BCUT2D eigenvalue weighted by molar-refractivity contribution is 7.21. The van der Waals surface area contributed by atoms with E-state index in [0.29, 0.717) is 24.6 Å². The number of amides is 1. The van der Waals surface area contributed by atoms with Crippen molar-refractivity contribution in [3.63, 3.8) is 0 Å². The van der Waals surface area contributed by atoms with Gasteiger partial charge < -0.3 is 10.1 Å². The molecular weight excluding hydrogens is 397 g/mol. The summed E-state index contributed by atoms with van der Waals surface area (Å²) in [6, 6.07) is 10.4. The van der Waals surface area contributed by atoms with Gasteiger partial charge in [-0.05, 0) is 29.1 Å². The van der Waals surface area contributed by atoms with Gasteiger partial charge in [0.2, 0.25) is 0 Å². The Bertz CT molecular complexity index is 923. The third kappa shape index (κ3) is 4.47. The molecular formula is C20H20FN3O2S2. The van der Waals surface area contributed by atoms with E-state index < -0.39 is 0 Å². The predicted molar refractivity (Wildman–Crippen MR) is 109 cm³/mol. The fraction of sp³-hybridized carbons (Fsp3) is 0.300. The summed E-state index contributed by atoms with van der Waals surface area (Å²) in [5, 5.41) is 5.83. The molecule has 1 aromatic carbocycles. The van der Waals surface area contributed by atoms with Crippen molar-refractivity contribution in [2.75, 3.05) is 32.8 Å². The van der Waals surface area contributed by atoms with E-state index in [1.165, 1.54) is 23.5 Å². The monoisotopic (exact) mass is 417 g/mol. The maximum Gasteiger partial charge on any atom is 0.263 e. The maximum absolute atomic E-state index is 13.8. The van der Waals surface area contributed by atoms with Crippen LogP contribution in [0.1, 0.15) is 21.3 Å². The number of thiophene rings is 1. The van der Waals surface area contributed by atoms with Crippen molar-refractivity contribution < 1.29 is 13.9 Å². The number of carbonyl (C=O) groups excluding carboxylic acids is 1. The lowest BCUT2D eigenvalue weighted by atomic mass is 10.0. The Morgan fingerprint density at radius 1 is 1.29 bits per heavy atom. The van der Waals surface area contributed by atoms with Gasteiger partial charge >= 0.3 is 0 Å². The van der Waals surface area contributed by atoms with Crippen molar-refractivity contribution in [1.29, 1.82) is 0 Å². The molecule has 4 rings (SSSR count). The fourth-order valence-corrected chi connectivity index (χ4v) is 4.87. The molecule has 2 aromatic heterocycles. The first-order chi connectivity index (χ1) is 13.7. The second-order valence-corrected chi connectivity index (χ2v) is 8.41. The number of nitrogens with zero attached hydrogens (tertiary/aromatic N) is 2. The van der Waals surface area contributed by atoms with Crippen molar-refractivity contribution >= 4 is 28.6 Å². The van der Waals surface area contributed by atoms with E-state index in [1.54, 1.807) is 23.6 Å². The molecule has 28 heavy (non-hydrogen) atoms. The largest absolute Gasteiger partial charge is 0.379 e. The number of nitrogens with one attached hydrogen (secondary N) is 1. The summed E-state index contributed by atoms with van der Waals surface area (Å²) in [6.45, 7) is 3.17. The van der Waals surface area contributed by atoms with E-state index in [9.17, 15) is 9.18 Å². The molecule has 0 saturated carbocycles. The smallest absolute Gasteiger partial charge is 0.263 e. The zero-order valence-corrected chi connectivity index (χ0v) is 16.8. The van der Waals surface area contributed by atoms with E-state index in [4.69, 9.17) is 4.74 Å². The molecule has 1 N–H and O–H groups in total. The first-order valence-electron chi connectivity index (χ1n) is 9.06. The number of hydrogen-bond acceptors (Lipinski definition) is 6. The molecule has 1 aliphatic heterocycles. The van der Waals surface area contributed by atoms with E-state index >= 15 is 0 Å². The topological polar surface area (TPSA) is 54.5 Å². The number of ether oxygens (including phenoxy) is 1. The van der Waals surface area contributed by atoms with Crippen LogP contribution in [-0.4, -0.2) is 48.6 Å². The van der Waals surface area contributed by atoms with Crippen molar-refractivity contribution in [2.45, 2.75) is 6.04 Å². The number of benzene rings is 1. The van der Waals surface area contributed by atoms with Crippen LogP contribution in [-0.2, 0) is 4.74 Å². The second-order valence-electron chi connectivity index (χ2n) is 6.44. The predicted octanol–water partition coefficient (Wildman–Crippen LogP) is 3.81. The molecule has 1 unspecified atom stereocenters. The van der Waals surface area contributed by atoms with E-state index in [-0.39, 0.29) is 17.8 Å². The van der Waals surface area contributed by atoms with E-state index in [2.05, 4.69) is 15.2 Å². The Morgan fingerprint density at radius 3 is 2.89 bits per heavy atom. The molecule has 0 aliphatic carbocycles. The third-order valence-electron chi connectivity index (χ3n) is 4.64. The number of hydrogen-bond donors (Lipinski definition) is 1. The molecule has 1 atom stereocenters. The van der Waals surface area contributed by atoms with Gasteiger partial charge in [0.25, 0.3) is 5.91 Å². The highest BCUT2D eigenvalue weighted by Crippen LogP contribution is 2.29. The average molecular weight is 418 g/mol. The molecule has 3 heterocycles. The van der Waals surface area contributed by atoms with Crippen LogP contribution in [0, 0.1) is 5.82 Å². The van der Waals surface area contributed by atoms with Crippen LogP contribution in [0.25, 0.3) is 9.88 Å². The van der Waals surface area contributed by atoms with Crippen LogP contribution < -0.4 is 5.32 Å². The SMILES string of the molecule is O=C(NCC(c1cccc(F)c1)N1CCOCC1)c1cnc(-c2cccs2)s1. The van der Waals surface area contributed by atoms with E-state index in [1.807, 2.05) is 23.6 Å². The van der Waals surface area contributed by atoms with Crippen LogP contribution in [0.5, 0.6) is 0 Å². The first kappa shape index (κ1) is 19.2. The number of halogens is 1. The number of aromatic nitrogens is 1. The molecule has 8 heteroatoms. The summed E-state index contributed by atoms with van der Waals surface area (Å²) < 4.78 is 19.2. The number of morpholine rings is 1. The Balaban J connectivity index is 1.47. The summed E-state index contributed by atoms with van der Waals surface area (Å²) in [7, 11) is 0. The van der Waals surface area contributed by atoms with Crippen molar-refractivity contribution in [1.82, 2.24) is 15.2 Å². The van der Waals surface area contributed by atoms with Gasteiger partial charge in [0.15, 0.2) is 0 Å². The second kappa shape index (κ2) is 8.91. The Kier molecular flexibility index (Phi) is 6.11. The average Bonchev–Trinajstić information content (AvgIpc) is 3.41. The molecule has 1 saturated heterocycles. The van der Waals surface area contributed by atoms with Crippen molar-refractivity contribution in [3.8, 4) is 9.88 Å². The molecule has 146 valence electrons. The highest BCUT2D eigenvalue weighted by atomic mass is 32.1. The molecule has 1 amide bonds. The minimum atomic E-state index is -0.273. The van der Waals surface area contributed by atoms with Crippen molar-refractivity contribution in [2.24, 2.45) is 0 Å². The Hall–Kier alpha value is -2.13. The van der Waals surface area contributed by atoms with Gasteiger partial charge in [-0.1, -0.05) is 18.2 Å². The normalized spacial score (nSPS) is 16.0. The number of carbonyl (C=O) groups is 1. The molecule has 0 spiro atoms. The number of thiazole rings is 1. The standard InChI is InChI=1S/C20H20FN3O2S2/c21-15-4-1-3-14(11-15)16(24-6-8-26-9-7-24)12-22-19(25)18-13-23-20(28-18)17-5-2-10-27-17/h1-5,10-11,13,16H,6-9,12H2,(H,22,25). The van der Waals surface area contributed by atoms with Gasteiger partial charge in [0, 0.05) is 19.6 Å². The molecule has 0 radical (unpaired) electrons. The Morgan fingerprint density at radius 2 is 2.14 bits per heavy atom. The van der Waals surface area contributed by atoms with Crippen molar-refractivity contribution in [3.05, 3.63) is 64.2 Å². The third-order valence-corrected chi connectivity index (χ3v) is 6.67. The zero-order valence-electron chi connectivity index (χ0n) is 15.1. The molecule has 1 aliphatic rings. The van der Waals surface area contributed by atoms with Crippen LogP contribution in [0.4, 0.5) is 4.39 Å². The van der Waals surface area contributed by atoms with Crippen LogP contribution in [0.15, 0.2) is 48.0 Å². The van der Waals surface area contributed by atoms with Crippen LogP contribution in [0.3, 0.4) is 0 Å². The summed E-state index contributed by atoms with van der Waals surface area (Å²) in [6.07, 6.45) is 1.61. The van der Waals surface area contributed by atoms with Gasteiger partial charge in [-0.3, -0.25) is 9.69 Å². The number of rotatable bonds is 6. The van der Waals surface area contributed by atoms with Gasteiger partial charge in [-0.2, -0.15) is 0 Å². The van der Waals surface area contributed by atoms with Gasteiger partial charge in [0.1, 0.15) is 15.7 Å². The lowest BCUT2D eigenvalue weighted by molar-refractivity contribution is 0.0162. The molecule has 1 fully saturated rings. The molecule has 0 bridgehead atoms. The molecule has 5 nitrogen and oxygen atoms in total. The summed E-state index contributed by atoms with van der Waals surface area (Å²) >= 11 is 2.98. The first-order valence-corrected chi connectivity index (χ1v) is 10.8. The van der Waals surface area contributed by atoms with Crippen LogP contribution >= 0.6 is 22.7 Å². The van der Waals surface area contributed by atoms with E-state index in [0.717, 1.165) is 28.5 Å². The summed E-state index contributed by atoms with van der Waals surface area (Å²) in [5.74, 6) is -0.430. The highest BCUT2D eigenvalue weighted by Gasteiger charge is 2.24. The quantitative estimate of drug-likeness (QED) is 0.663. The van der Waals surface area contributed by atoms with Gasteiger partial charge in [-0.15, -0.1) is 22.7 Å². The Labute approximate surface area is 170 Å². The minimum absolute atomic E-state index is 0.103. The minimum Gasteiger partial charge on any atom is -0.379 e. The maximum atomic E-state index is 13.8. The molecule has 3 aromatic rings. The zero-order chi connectivity index (χ0) is 19.3. The van der Waals surface area contributed by atoms with Gasteiger partial charge in [-0.25, -0.2) is 9.37 Å².